The van der Waals surface area contributed by atoms with E-state index in [0.29, 0.717) is 0 Å². The van der Waals surface area contributed by atoms with E-state index in [1.54, 1.807) is 0 Å². The molecule has 1 aromatic rings. The highest BCUT2D eigenvalue weighted by molar-refractivity contribution is 5.79. The Balaban J connectivity index is 3.08. The predicted octanol–water partition coefficient (Wildman–Crippen LogP) is 2.98. The van der Waals surface area contributed by atoms with Crippen LogP contribution >= 0.6 is 0 Å². The van der Waals surface area contributed by atoms with Crippen LogP contribution in [0, 0.1) is 0 Å². The van der Waals surface area contributed by atoms with Crippen molar-refractivity contribution in [3.05, 3.63) is 35.9 Å². The van der Waals surface area contributed by atoms with Crippen molar-refractivity contribution in [3.8, 4) is 0 Å². The number of alkyl halides is 4. The number of benzene rings is 1. The number of rotatable bonds is 4. The van der Waals surface area contributed by atoms with E-state index in [-0.39, 0.29) is 6.61 Å². The third-order valence-electron chi connectivity index (χ3n) is 2.06. The van der Waals surface area contributed by atoms with Gasteiger partial charge >= 0.3 is 17.8 Å². The van der Waals surface area contributed by atoms with Crippen molar-refractivity contribution in [2.24, 2.45) is 0 Å². The maximum atomic E-state index is 13.5. The van der Waals surface area contributed by atoms with Gasteiger partial charge in [-0.3, -0.25) is 0 Å². The summed E-state index contributed by atoms with van der Waals surface area (Å²) >= 11 is 0. The largest absolute Gasteiger partial charge is 0.461 e. The van der Waals surface area contributed by atoms with Gasteiger partial charge in [-0.15, -0.1) is 0 Å². The number of ether oxygens (including phenoxy) is 1. The van der Waals surface area contributed by atoms with Crippen LogP contribution in [-0.2, 0) is 15.5 Å². The Labute approximate surface area is 95.2 Å². The molecule has 0 saturated carbocycles. The molecule has 94 valence electrons. The second kappa shape index (κ2) is 4.73. The Kier molecular flexibility index (Phi) is 3.75. The molecule has 0 unspecified atom stereocenters. The van der Waals surface area contributed by atoms with Crippen LogP contribution in [0.1, 0.15) is 12.5 Å². The predicted molar refractivity (Wildman–Crippen MR) is 51.9 cm³/mol. The molecule has 1 aromatic carbocycles. The second-order valence-electron chi connectivity index (χ2n) is 3.24. The minimum Gasteiger partial charge on any atom is -0.461 e. The molecule has 1 rings (SSSR count). The molecular formula is C11H10F4O2. The first-order valence-electron chi connectivity index (χ1n) is 4.82. The van der Waals surface area contributed by atoms with Crippen LogP contribution in [0.3, 0.4) is 0 Å². The van der Waals surface area contributed by atoms with Crippen LogP contribution in [0.2, 0.25) is 0 Å². The van der Waals surface area contributed by atoms with Crippen molar-refractivity contribution in [1.82, 2.24) is 0 Å². The maximum absolute atomic E-state index is 13.5. The molecule has 0 aliphatic carbocycles. The fraction of sp³-hybridized carbons (Fsp3) is 0.364. The average molecular weight is 250 g/mol. The van der Waals surface area contributed by atoms with Crippen molar-refractivity contribution in [3.63, 3.8) is 0 Å². The van der Waals surface area contributed by atoms with Gasteiger partial charge < -0.3 is 4.74 Å². The first kappa shape index (κ1) is 13.5. The highest BCUT2D eigenvalue weighted by Crippen LogP contribution is 2.43. The van der Waals surface area contributed by atoms with Gasteiger partial charge in [0.1, 0.15) is 0 Å². The summed E-state index contributed by atoms with van der Waals surface area (Å²) in [6.45, 7) is 0.869. The lowest BCUT2D eigenvalue weighted by Crippen LogP contribution is -2.46. The van der Waals surface area contributed by atoms with Crippen LogP contribution in [0.25, 0.3) is 0 Å². The molecule has 0 radical (unpaired) electrons. The van der Waals surface area contributed by atoms with E-state index >= 15 is 0 Å². The molecule has 17 heavy (non-hydrogen) atoms. The van der Waals surface area contributed by atoms with E-state index < -0.39 is 23.4 Å². The standard InChI is InChI=1S/C11H10F4O2/c1-2-17-9(16)11(14,15)10(12,13)8-6-4-3-5-7-8/h3-7H,2H2,1H3. The minimum atomic E-state index is -4.88. The SMILES string of the molecule is CCOC(=O)C(F)(F)C(F)(F)c1ccccc1. The van der Waals surface area contributed by atoms with E-state index in [1.165, 1.54) is 25.1 Å². The van der Waals surface area contributed by atoms with Crippen LogP contribution in [-0.4, -0.2) is 18.5 Å². The smallest absolute Gasteiger partial charge is 0.408 e. The van der Waals surface area contributed by atoms with Gasteiger partial charge in [-0.2, -0.15) is 17.6 Å². The zero-order valence-electron chi connectivity index (χ0n) is 8.92. The van der Waals surface area contributed by atoms with Gasteiger partial charge in [0.25, 0.3) is 0 Å². The van der Waals surface area contributed by atoms with Gasteiger partial charge in [0, 0.05) is 5.56 Å². The number of carbonyl (C=O) groups is 1. The zero-order valence-corrected chi connectivity index (χ0v) is 8.92. The Morgan fingerprint density at radius 1 is 1.18 bits per heavy atom. The molecule has 6 heteroatoms. The molecule has 0 saturated heterocycles. The van der Waals surface area contributed by atoms with Crippen LogP contribution < -0.4 is 0 Å². The van der Waals surface area contributed by atoms with E-state index in [4.69, 9.17) is 0 Å². The summed E-state index contributed by atoms with van der Waals surface area (Å²) in [6, 6.07) is 5.43. The summed E-state index contributed by atoms with van der Waals surface area (Å²) in [5.41, 5.74) is -0.932. The van der Waals surface area contributed by atoms with E-state index in [1.807, 2.05) is 0 Å². The third-order valence-corrected chi connectivity index (χ3v) is 2.06. The number of carbonyl (C=O) groups excluding carboxylic acids is 1. The first-order valence-corrected chi connectivity index (χ1v) is 4.82. The molecule has 0 bridgehead atoms. The maximum Gasteiger partial charge on any atom is 0.408 e. The quantitative estimate of drug-likeness (QED) is 0.606. The van der Waals surface area contributed by atoms with Crippen molar-refractivity contribution in [1.29, 1.82) is 0 Å². The molecule has 0 N–H and O–H groups in total. The third kappa shape index (κ3) is 2.40. The summed E-state index contributed by atoms with van der Waals surface area (Å²) in [7, 11) is 0. The lowest BCUT2D eigenvalue weighted by molar-refractivity contribution is -0.232. The summed E-state index contributed by atoms with van der Waals surface area (Å²) in [5, 5.41) is 0. The molecule has 0 fully saturated rings. The van der Waals surface area contributed by atoms with Gasteiger partial charge in [0.2, 0.25) is 0 Å². The molecule has 0 aliphatic heterocycles. The summed E-state index contributed by atoms with van der Waals surface area (Å²) < 4.78 is 57.3. The van der Waals surface area contributed by atoms with Crippen LogP contribution in [0.4, 0.5) is 17.6 Å². The molecular weight excluding hydrogens is 240 g/mol. The number of halogens is 4. The monoisotopic (exact) mass is 250 g/mol. The summed E-state index contributed by atoms with van der Waals surface area (Å²) in [5.74, 6) is -11.7. The zero-order chi connectivity index (χ0) is 13.1. The van der Waals surface area contributed by atoms with Crippen molar-refractivity contribution in [2.45, 2.75) is 18.8 Å². The minimum absolute atomic E-state index is 0.390. The Morgan fingerprint density at radius 2 is 1.71 bits per heavy atom. The van der Waals surface area contributed by atoms with Crippen LogP contribution in [0.15, 0.2) is 30.3 Å². The lowest BCUT2D eigenvalue weighted by atomic mass is 10.0. The topological polar surface area (TPSA) is 26.3 Å². The molecule has 2 nitrogen and oxygen atoms in total. The summed E-state index contributed by atoms with van der Waals surface area (Å²) in [6.07, 6.45) is 0. The number of hydrogen-bond acceptors (Lipinski definition) is 2. The van der Waals surface area contributed by atoms with Gasteiger partial charge in [-0.25, -0.2) is 4.79 Å². The van der Waals surface area contributed by atoms with Gasteiger partial charge in [0.05, 0.1) is 6.61 Å². The Bertz CT molecular complexity index is 390. The highest BCUT2D eigenvalue weighted by atomic mass is 19.3. The van der Waals surface area contributed by atoms with Crippen molar-refractivity contribution >= 4 is 5.97 Å². The highest BCUT2D eigenvalue weighted by Gasteiger charge is 2.64. The molecule has 0 aliphatic rings. The first-order chi connectivity index (χ1) is 7.84. The lowest BCUT2D eigenvalue weighted by Gasteiger charge is -2.24. The fourth-order valence-electron chi connectivity index (χ4n) is 1.18. The van der Waals surface area contributed by atoms with E-state index in [9.17, 15) is 22.4 Å². The molecule has 0 spiro atoms. The Morgan fingerprint density at radius 3 is 2.18 bits per heavy atom. The molecule has 0 heterocycles. The molecule has 0 atom stereocenters. The van der Waals surface area contributed by atoms with Gasteiger partial charge in [-0.05, 0) is 6.92 Å². The molecule has 0 aromatic heterocycles. The van der Waals surface area contributed by atoms with Gasteiger partial charge in [-0.1, -0.05) is 30.3 Å². The van der Waals surface area contributed by atoms with E-state index in [0.717, 1.165) is 12.1 Å². The van der Waals surface area contributed by atoms with E-state index in [2.05, 4.69) is 4.74 Å². The second-order valence-corrected chi connectivity index (χ2v) is 3.24. The number of hydrogen-bond donors (Lipinski definition) is 0. The fourth-order valence-corrected chi connectivity index (χ4v) is 1.18. The average Bonchev–Trinajstić information content (AvgIpc) is 2.30. The number of esters is 1. The normalized spacial score (nSPS) is 12.3. The van der Waals surface area contributed by atoms with Crippen LogP contribution in [0.5, 0.6) is 0 Å². The Hall–Kier alpha value is -1.59. The molecule has 0 amide bonds. The van der Waals surface area contributed by atoms with Crippen molar-refractivity contribution < 1.29 is 27.1 Å². The summed E-state index contributed by atoms with van der Waals surface area (Å²) in [4.78, 5) is 10.8. The van der Waals surface area contributed by atoms with Crippen molar-refractivity contribution in [2.75, 3.05) is 6.61 Å². The van der Waals surface area contributed by atoms with Gasteiger partial charge in [0.15, 0.2) is 0 Å².